The van der Waals surface area contributed by atoms with Crippen LogP contribution in [0, 0.1) is 0 Å². The van der Waals surface area contributed by atoms with Crippen LogP contribution in [-0.2, 0) is 14.3 Å². The van der Waals surface area contributed by atoms with E-state index in [0.29, 0.717) is 17.9 Å². The molecule has 0 radical (unpaired) electrons. The van der Waals surface area contributed by atoms with Gasteiger partial charge in [-0.05, 0) is 43.7 Å². The van der Waals surface area contributed by atoms with E-state index in [0.717, 1.165) is 5.56 Å². The average molecular weight is 384 g/mol. The van der Waals surface area contributed by atoms with Gasteiger partial charge in [-0.15, -0.1) is 0 Å². The van der Waals surface area contributed by atoms with Crippen LogP contribution in [0.4, 0.5) is 0 Å². The van der Waals surface area contributed by atoms with Crippen LogP contribution in [0.15, 0.2) is 54.6 Å². The summed E-state index contributed by atoms with van der Waals surface area (Å²) in [5.41, 5.74) is 1.34. The number of hydrogen-bond acceptors (Lipinski definition) is 5. The number of esters is 1. The lowest BCUT2D eigenvalue weighted by atomic mass is 10.1. The zero-order valence-electron chi connectivity index (χ0n) is 15.9. The van der Waals surface area contributed by atoms with Gasteiger partial charge in [-0.2, -0.15) is 0 Å². The smallest absolute Gasteiger partial charge is 0.325 e. The summed E-state index contributed by atoms with van der Waals surface area (Å²) in [5, 5.41) is 5.20. The Morgan fingerprint density at radius 1 is 1.00 bits per heavy atom. The Kier molecular flexibility index (Phi) is 8.02. The Morgan fingerprint density at radius 3 is 2.32 bits per heavy atom. The second kappa shape index (κ2) is 10.7. The number of benzene rings is 2. The molecule has 2 N–H and O–H groups in total. The first-order valence-electron chi connectivity index (χ1n) is 9.00. The van der Waals surface area contributed by atoms with Crippen molar-refractivity contribution in [2.45, 2.75) is 19.9 Å². The largest absolute Gasteiger partial charge is 0.494 e. The highest BCUT2D eigenvalue weighted by Crippen LogP contribution is 2.12. The molecule has 0 saturated heterocycles. The lowest BCUT2D eigenvalue weighted by Gasteiger charge is -2.14. The molecule has 0 aliphatic heterocycles. The minimum absolute atomic E-state index is 0.202. The van der Waals surface area contributed by atoms with Crippen molar-refractivity contribution >= 4 is 17.8 Å². The third-order valence-electron chi connectivity index (χ3n) is 3.86. The topological polar surface area (TPSA) is 93.7 Å². The fraction of sp³-hybridized carbons (Fsp3) is 0.286. The van der Waals surface area contributed by atoms with Crippen LogP contribution in [0.1, 0.15) is 35.8 Å². The predicted molar refractivity (Wildman–Crippen MR) is 104 cm³/mol. The number of carbonyl (C=O) groups excluding carboxylic acids is 3. The summed E-state index contributed by atoms with van der Waals surface area (Å²) in [4.78, 5) is 35.6. The summed E-state index contributed by atoms with van der Waals surface area (Å²) in [6.45, 7) is 3.51. The van der Waals surface area contributed by atoms with E-state index in [-0.39, 0.29) is 12.6 Å². The van der Waals surface area contributed by atoms with Crippen molar-refractivity contribution in [2.75, 3.05) is 19.8 Å². The molecule has 28 heavy (non-hydrogen) atoms. The van der Waals surface area contributed by atoms with Crippen LogP contribution >= 0.6 is 0 Å². The van der Waals surface area contributed by atoms with E-state index in [4.69, 9.17) is 9.47 Å². The first-order valence-corrected chi connectivity index (χ1v) is 9.00. The summed E-state index contributed by atoms with van der Waals surface area (Å²) in [7, 11) is 0. The third-order valence-corrected chi connectivity index (χ3v) is 3.86. The van der Waals surface area contributed by atoms with Gasteiger partial charge in [0, 0.05) is 5.56 Å². The van der Waals surface area contributed by atoms with Crippen LogP contribution in [-0.4, -0.2) is 37.5 Å². The van der Waals surface area contributed by atoms with E-state index in [1.165, 1.54) is 0 Å². The normalized spacial score (nSPS) is 11.2. The van der Waals surface area contributed by atoms with E-state index in [1.54, 1.807) is 24.3 Å². The van der Waals surface area contributed by atoms with E-state index >= 15 is 0 Å². The molecule has 1 atom stereocenters. The number of nitrogens with one attached hydrogen (secondary N) is 2. The van der Waals surface area contributed by atoms with Crippen molar-refractivity contribution in [3.63, 3.8) is 0 Å². The van der Waals surface area contributed by atoms with Gasteiger partial charge in [-0.3, -0.25) is 14.4 Å². The van der Waals surface area contributed by atoms with Crippen molar-refractivity contribution in [3.8, 4) is 5.75 Å². The first kappa shape index (κ1) is 21.0. The number of ether oxygens (including phenoxy) is 2. The lowest BCUT2D eigenvalue weighted by Crippen LogP contribution is -2.34. The Morgan fingerprint density at radius 2 is 1.68 bits per heavy atom. The predicted octanol–water partition coefficient (Wildman–Crippen LogP) is 2.24. The van der Waals surface area contributed by atoms with E-state index < -0.39 is 24.4 Å². The highest BCUT2D eigenvalue weighted by Gasteiger charge is 2.13. The fourth-order valence-electron chi connectivity index (χ4n) is 2.43. The highest BCUT2D eigenvalue weighted by atomic mass is 16.5. The molecule has 0 aliphatic carbocycles. The highest BCUT2D eigenvalue weighted by molar-refractivity contribution is 5.96. The van der Waals surface area contributed by atoms with Crippen molar-refractivity contribution in [3.05, 3.63) is 65.7 Å². The molecular formula is C21H24N2O5. The van der Waals surface area contributed by atoms with E-state index in [9.17, 15) is 14.4 Å². The Hall–Kier alpha value is -3.35. The molecule has 2 amide bonds. The molecule has 148 valence electrons. The molecule has 0 heterocycles. The zero-order chi connectivity index (χ0) is 20.4. The molecule has 0 saturated carbocycles. The van der Waals surface area contributed by atoms with Crippen LogP contribution < -0.4 is 15.4 Å². The number of amides is 2. The molecule has 0 unspecified atom stereocenters. The average Bonchev–Trinajstić information content (AvgIpc) is 2.72. The van der Waals surface area contributed by atoms with Crippen molar-refractivity contribution in [1.29, 1.82) is 0 Å². The maximum Gasteiger partial charge on any atom is 0.325 e. The third kappa shape index (κ3) is 6.75. The minimum Gasteiger partial charge on any atom is -0.494 e. The van der Waals surface area contributed by atoms with Gasteiger partial charge < -0.3 is 20.1 Å². The number of rotatable bonds is 9. The number of hydrogen-bond donors (Lipinski definition) is 2. The second-order valence-corrected chi connectivity index (χ2v) is 6.00. The van der Waals surface area contributed by atoms with Gasteiger partial charge in [0.25, 0.3) is 11.8 Å². The quantitative estimate of drug-likeness (QED) is 0.647. The van der Waals surface area contributed by atoms with Crippen LogP contribution in [0.5, 0.6) is 5.75 Å². The van der Waals surface area contributed by atoms with Gasteiger partial charge in [-0.25, -0.2) is 0 Å². The molecular weight excluding hydrogens is 360 g/mol. The maximum absolute atomic E-state index is 12.0. The minimum atomic E-state index is -0.693. The molecule has 2 aromatic carbocycles. The van der Waals surface area contributed by atoms with Gasteiger partial charge in [0.1, 0.15) is 12.3 Å². The van der Waals surface area contributed by atoms with Gasteiger partial charge in [0.2, 0.25) is 0 Å². The summed E-state index contributed by atoms with van der Waals surface area (Å²) in [6.07, 6.45) is 0. The molecule has 0 spiro atoms. The lowest BCUT2D eigenvalue weighted by molar-refractivity contribution is -0.147. The first-order chi connectivity index (χ1) is 13.5. The second-order valence-electron chi connectivity index (χ2n) is 6.00. The summed E-state index contributed by atoms with van der Waals surface area (Å²) in [5.74, 6) is -0.860. The molecule has 7 heteroatoms. The standard InChI is InChI=1S/C21H24N2O5/c1-3-27-18-11-9-17(10-12-18)21(26)22-13-20(25)28-14-19(24)23-15(2)16-7-5-4-6-8-16/h4-12,15H,3,13-14H2,1-2H3,(H,22,26)(H,23,24)/t15-/m1/s1. The summed E-state index contributed by atoms with van der Waals surface area (Å²) >= 11 is 0. The van der Waals surface area contributed by atoms with Crippen molar-refractivity contribution < 1.29 is 23.9 Å². The molecule has 0 bridgehead atoms. The van der Waals surface area contributed by atoms with Gasteiger partial charge in [-0.1, -0.05) is 30.3 Å². The Bertz CT molecular complexity index is 790. The van der Waals surface area contributed by atoms with Crippen LogP contribution in [0.2, 0.25) is 0 Å². The van der Waals surface area contributed by atoms with Crippen LogP contribution in [0.25, 0.3) is 0 Å². The van der Waals surface area contributed by atoms with Crippen molar-refractivity contribution in [2.24, 2.45) is 0 Å². The van der Waals surface area contributed by atoms with Crippen molar-refractivity contribution in [1.82, 2.24) is 10.6 Å². The van der Waals surface area contributed by atoms with Crippen LogP contribution in [0.3, 0.4) is 0 Å². The SMILES string of the molecule is CCOc1ccc(C(=O)NCC(=O)OCC(=O)N[C@H](C)c2ccccc2)cc1. The fourth-order valence-corrected chi connectivity index (χ4v) is 2.43. The molecule has 2 aromatic rings. The van der Waals surface area contributed by atoms with E-state index in [1.807, 2.05) is 44.2 Å². The molecule has 2 rings (SSSR count). The van der Waals surface area contributed by atoms with E-state index in [2.05, 4.69) is 10.6 Å². The number of carbonyl (C=O) groups is 3. The molecule has 7 nitrogen and oxygen atoms in total. The Balaban J connectivity index is 1.70. The summed E-state index contributed by atoms with van der Waals surface area (Å²) in [6, 6.07) is 15.8. The maximum atomic E-state index is 12.0. The molecule has 0 fully saturated rings. The molecule has 0 aromatic heterocycles. The monoisotopic (exact) mass is 384 g/mol. The van der Waals surface area contributed by atoms with Gasteiger partial charge >= 0.3 is 5.97 Å². The summed E-state index contributed by atoms with van der Waals surface area (Å²) < 4.78 is 10.2. The van der Waals surface area contributed by atoms with Gasteiger partial charge in [0.05, 0.1) is 12.6 Å². The zero-order valence-corrected chi connectivity index (χ0v) is 15.9. The molecule has 0 aliphatic rings. The van der Waals surface area contributed by atoms with Gasteiger partial charge in [0.15, 0.2) is 6.61 Å². The Labute approximate surface area is 164 Å².